The van der Waals surface area contributed by atoms with Gasteiger partial charge in [-0.3, -0.25) is 38.6 Å². The van der Waals surface area contributed by atoms with E-state index in [-0.39, 0.29) is 63.2 Å². The standard InChI is InChI=1S/C51H65N13O11S/c1-76-21-19-39(59-44(68)35(52)22-30-13-15-33(65)16-14-30)47(71)61-38(17-18-43(66)67)46(70)63-41(25-32-27-55-28-58-32)49(73)62-40(23-29-8-3-2-4-9-29)48(72)60-37(12-7-20-56-51(53)54)45(69)64-42(50(74)75)24-31-26-57-36-11-6-5-10-34(31)36/h2-6,8-11,13-16,26-28,35,37-42,57,65H,7,12,17-25,52H2,1H3,(H,55,58)(H,59,68)(H,60,72)(H,61,71)(H,62,73)(H,63,70)(H,64,69)(H,66,67)(H,74,75)(H4,53,54,56). The molecule has 25 heteroatoms. The normalized spacial score (nSPS) is 13.8. The summed E-state index contributed by atoms with van der Waals surface area (Å²) in [7, 11) is 0. The lowest BCUT2D eigenvalue weighted by Gasteiger charge is -2.27. The molecule has 7 unspecified atom stereocenters. The zero-order valence-corrected chi connectivity index (χ0v) is 42.5. The molecule has 0 aliphatic rings. The average Bonchev–Trinajstić information content (AvgIpc) is 4.07. The van der Waals surface area contributed by atoms with Gasteiger partial charge in [0.1, 0.15) is 42.0 Å². The molecule has 0 spiro atoms. The number of nitrogens with two attached hydrogens (primary N) is 3. The zero-order valence-electron chi connectivity index (χ0n) is 41.7. The summed E-state index contributed by atoms with van der Waals surface area (Å²) in [5.41, 5.74) is 20.2. The molecular weight excluding hydrogens is 1000 g/mol. The monoisotopic (exact) mass is 1070 g/mol. The second kappa shape index (κ2) is 29.4. The van der Waals surface area contributed by atoms with Gasteiger partial charge in [0, 0.05) is 61.2 Å². The zero-order chi connectivity index (χ0) is 55.1. The quantitative estimate of drug-likeness (QED) is 0.0156. The summed E-state index contributed by atoms with van der Waals surface area (Å²) in [6.45, 7) is 0.0517. The number of aliphatic imine (C=N–C) groups is 1. The fourth-order valence-electron chi connectivity index (χ4n) is 8.04. The maximum atomic E-state index is 14.6. The minimum absolute atomic E-state index is 0.0226. The number of aliphatic carboxylic acids is 2. The molecule has 0 aliphatic carbocycles. The Balaban J connectivity index is 1.38. The lowest BCUT2D eigenvalue weighted by molar-refractivity contribution is -0.142. The molecule has 2 heterocycles. The van der Waals surface area contributed by atoms with Gasteiger partial charge in [-0.2, -0.15) is 11.8 Å². The molecule has 6 amide bonds. The Morgan fingerprint density at radius 2 is 1.18 bits per heavy atom. The number of imidazole rings is 1. The number of nitrogens with zero attached hydrogens (tertiary/aromatic N) is 2. The lowest BCUT2D eigenvalue weighted by Crippen LogP contribution is -2.60. The van der Waals surface area contributed by atoms with Crippen molar-refractivity contribution < 1.29 is 53.7 Å². The van der Waals surface area contributed by atoms with Crippen molar-refractivity contribution in [1.29, 1.82) is 0 Å². The number of rotatable bonds is 31. The van der Waals surface area contributed by atoms with Gasteiger partial charge < -0.3 is 74.4 Å². The number of carbonyl (C=O) groups excluding carboxylic acids is 6. The Morgan fingerprint density at radius 1 is 0.632 bits per heavy atom. The highest BCUT2D eigenvalue weighted by atomic mass is 32.2. The second-order valence-electron chi connectivity index (χ2n) is 17.9. The van der Waals surface area contributed by atoms with E-state index in [0.29, 0.717) is 28.1 Å². The van der Waals surface area contributed by atoms with Crippen LogP contribution < -0.4 is 49.1 Å². The van der Waals surface area contributed by atoms with E-state index in [1.807, 2.05) is 18.2 Å². The predicted molar refractivity (Wildman–Crippen MR) is 283 cm³/mol. The van der Waals surface area contributed by atoms with E-state index in [2.05, 4.69) is 51.8 Å². The van der Waals surface area contributed by atoms with Crippen LogP contribution in [0.2, 0.25) is 0 Å². The van der Waals surface area contributed by atoms with Crippen LogP contribution in [0.3, 0.4) is 0 Å². The van der Waals surface area contributed by atoms with Crippen molar-refractivity contribution in [2.24, 2.45) is 22.2 Å². The van der Waals surface area contributed by atoms with Crippen molar-refractivity contribution in [2.45, 2.75) is 100 Å². The number of aromatic amines is 2. The number of hydrogen-bond donors (Lipinski definition) is 14. The maximum Gasteiger partial charge on any atom is 0.326 e. The van der Waals surface area contributed by atoms with E-state index in [1.54, 1.807) is 61.0 Å². The van der Waals surface area contributed by atoms with Crippen LogP contribution in [-0.4, -0.2) is 144 Å². The highest BCUT2D eigenvalue weighted by molar-refractivity contribution is 7.98. The third kappa shape index (κ3) is 18.8. The van der Waals surface area contributed by atoms with Crippen LogP contribution in [0.1, 0.15) is 54.5 Å². The number of amides is 6. The van der Waals surface area contributed by atoms with Gasteiger partial charge in [0.25, 0.3) is 0 Å². The third-order valence-electron chi connectivity index (χ3n) is 12.1. The molecular formula is C51H65N13O11S. The average molecular weight is 1070 g/mol. The van der Waals surface area contributed by atoms with Crippen LogP contribution >= 0.6 is 11.8 Å². The van der Waals surface area contributed by atoms with Gasteiger partial charge in [-0.25, -0.2) is 9.78 Å². The summed E-state index contributed by atoms with van der Waals surface area (Å²) in [5.74, 6) is -7.54. The molecule has 7 atom stereocenters. The highest BCUT2D eigenvalue weighted by Gasteiger charge is 2.35. The summed E-state index contributed by atoms with van der Waals surface area (Å²) >= 11 is 1.38. The van der Waals surface area contributed by atoms with E-state index < -0.39 is 103 Å². The van der Waals surface area contributed by atoms with Crippen molar-refractivity contribution in [2.75, 3.05) is 18.6 Å². The number of carbonyl (C=O) groups is 8. The van der Waals surface area contributed by atoms with Crippen molar-refractivity contribution in [1.82, 2.24) is 46.9 Å². The van der Waals surface area contributed by atoms with Crippen LogP contribution in [0.5, 0.6) is 5.75 Å². The largest absolute Gasteiger partial charge is 0.508 e. The van der Waals surface area contributed by atoms with Crippen LogP contribution in [0.15, 0.2) is 103 Å². The van der Waals surface area contributed by atoms with Gasteiger partial charge in [-0.05, 0) is 79.0 Å². The molecule has 0 saturated carbocycles. The molecule has 3 aromatic carbocycles. The Hall–Kier alpha value is -8.45. The third-order valence-corrected chi connectivity index (χ3v) is 12.7. The molecule has 406 valence electrons. The van der Waals surface area contributed by atoms with Crippen LogP contribution in [0, 0.1) is 0 Å². The van der Waals surface area contributed by atoms with E-state index in [1.165, 1.54) is 36.4 Å². The molecule has 0 saturated heterocycles. The Labute approximate surface area is 441 Å². The maximum absolute atomic E-state index is 14.6. The molecule has 0 fully saturated rings. The topological polar surface area (TPSA) is 404 Å². The Bertz CT molecular complexity index is 2770. The number of thioether (sulfide) groups is 1. The number of hydrogen-bond acceptors (Lipinski definition) is 13. The number of aromatic nitrogens is 3. The number of H-pyrrole nitrogens is 2. The summed E-state index contributed by atoms with van der Waals surface area (Å²) in [4.78, 5) is 123. The predicted octanol–water partition coefficient (Wildman–Crippen LogP) is -0.141. The molecule has 5 aromatic rings. The second-order valence-corrected chi connectivity index (χ2v) is 18.9. The van der Waals surface area contributed by atoms with E-state index in [0.717, 1.165) is 10.9 Å². The molecule has 2 aromatic heterocycles. The molecule has 0 radical (unpaired) electrons. The summed E-state index contributed by atoms with van der Waals surface area (Å²) in [5, 5.41) is 46.0. The summed E-state index contributed by atoms with van der Waals surface area (Å²) < 4.78 is 0. The van der Waals surface area contributed by atoms with Crippen molar-refractivity contribution in [3.8, 4) is 5.75 Å². The minimum atomic E-state index is -1.56. The SMILES string of the molecule is CSCCC(NC(=O)C(N)Cc1ccc(O)cc1)C(=O)NC(CCC(=O)O)C(=O)NC(Cc1cnc[nH]1)C(=O)NC(Cc1ccccc1)C(=O)NC(CCCN=C(N)N)C(=O)NC(Cc1c[nH]c2ccccc12)C(=O)O. The van der Waals surface area contributed by atoms with Gasteiger partial charge in [0.2, 0.25) is 35.4 Å². The first-order chi connectivity index (χ1) is 36.4. The molecule has 0 bridgehead atoms. The van der Waals surface area contributed by atoms with Crippen LogP contribution in [0.4, 0.5) is 0 Å². The van der Waals surface area contributed by atoms with Gasteiger partial charge in [-0.1, -0.05) is 60.7 Å². The molecule has 5 rings (SSSR count). The number of carboxylic acids is 2. The number of phenols is 1. The van der Waals surface area contributed by atoms with Crippen molar-refractivity contribution in [3.63, 3.8) is 0 Å². The fraction of sp³-hybridized carbons (Fsp3) is 0.373. The van der Waals surface area contributed by atoms with E-state index >= 15 is 0 Å². The number of aromatic hydroxyl groups is 1. The number of carboxylic acid groups (broad SMARTS) is 2. The molecule has 17 N–H and O–H groups in total. The molecule has 0 aliphatic heterocycles. The van der Waals surface area contributed by atoms with Gasteiger partial charge >= 0.3 is 11.9 Å². The highest BCUT2D eigenvalue weighted by Crippen LogP contribution is 2.20. The number of guanidine groups is 1. The first kappa shape index (κ1) is 58.4. The van der Waals surface area contributed by atoms with E-state index in [4.69, 9.17) is 17.2 Å². The Kier molecular flexibility index (Phi) is 22.6. The smallest absolute Gasteiger partial charge is 0.326 e. The van der Waals surface area contributed by atoms with Gasteiger partial charge in [-0.15, -0.1) is 0 Å². The van der Waals surface area contributed by atoms with Crippen molar-refractivity contribution in [3.05, 3.63) is 120 Å². The number of benzene rings is 3. The number of nitrogens with one attached hydrogen (secondary N) is 8. The molecule has 76 heavy (non-hydrogen) atoms. The number of fused-ring (bicyclic) bond motifs is 1. The minimum Gasteiger partial charge on any atom is -0.508 e. The number of phenolic OH excluding ortho intramolecular Hbond substituents is 1. The van der Waals surface area contributed by atoms with Crippen molar-refractivity contribution >= 4 is 76.0 Å². The molecule has 24 nitrogen and oxygen atoms in total. The van der Waals surface area contributed by atoms with E-state index in [9.17, 15) is 53.7 Å². The van der Waals surface area contributed by atoms with Crippen LogP contribution in [0.25, 0.3) is 10.9 Å². The lowest BCUT2D eigenvalue weighted by atomic mass is 10.0. The summed E-state index contributed by atoms with van der Waals surface area (Å²) in [6, 6.07) is 12.2. The van der Waals surface area contributed by atoms with Crippen LogP contribution in [-0.2, 0) is 64.0 Å². The summed E-state index contributed by atoms with van der Waals surface area (Å²) in [6.07, 6.45) is 4.89. The Morgan fingerprint density at radius 3 is 1.79 bits per heavy atom. The number of para-hydroxylation sites is 1. The fourth-order valence-corrected chi connectivity index (χ4v) is 8.51. The van der Waals surface area contributed by atoms with Gasteiger partial charge in [0.15, 0.2) is 5.96 Å². The first-order valence-electron chi connectivity index (χ1n) is 24.3. The van der Waals surface area contributed by atoms with Gasteiger partial charge in [0.05, 0.1) is 12.4 Å². The first-order valence-corrected chi connectivity index (χ1v) is 25.7.